The molecule has 0 saturated carbocycles. The van der Waals surface area contributed by atoms with Gasteiger partial charge in [-0.25, -0.2) is 4.79 Å². The minimum absolute atomic E-state index is 0.0489. The molecule has 3 heterocycles. The Labute approximate surface area is 133 Å². The molecule has 0 aliphatic carbocycles. The van der Waals surface area contributed by atoms with Gasteiger partial charge < -0.3 is 20.1 Å². The first kappa shape index (κ1) is 15.3. The van der Waals surface area contributed by atoms with Gasteiger partial charge in [0.25, 0.3) is 5.91 Å². The van der Waals surface area contributed by atoms with E-state index in [4.69, 9.17) is 15.2 Å². The predicted octanol–water partition coefficient (Wildman–Crippen LogP) is 1.57. The van der Waals surface area contributed by atoms with Crippen LogP contribution in [0, 0.1) is 0 Å². The SMILES string of the molecule is CCOC(=O)c1c(N)sc2c1CCN(C(=O)C1CCCO1)C2. The molecule has 0 spiro atoms. The molecular formula is C15H20N2O4S. The summed E-state index contributed by atoms with van der Waals surface area (Å²) in [5.41, 5.74) is 7.42. The smallest absolute Gasteiger partial charge is 0.341 e. The predicted molar refractivity (Wildman–Crippen MR) is 82.8 cm³/mol. The van der Waals surface area contributed by atoms with Gasteiger partial charge in [-0.3, -0.25) is 4.79 Å². The van der Waals surface area contributed by atoms with E-state index in [9.17, 15) is 9.59 Å². The van der Waals surface area contributed by atoms with E-state index in [0.29, 0.717) is 43.3 Å². The van der Waals surface area contributed by atoms with Gasteiger partial charge in [-0.1, -0.05) is 0 Å². The summed E-state index contributed by atoms with van der Waals surface area (Å²) in [7, 11) is 0. The number of fused-ring (bicyclic) bond motifs is 1. The molecule has 2 aliphatic heterocycles. The van der Waals surface area contributed by atoms with E-state index in [0.717, 1.165) is 23.3 Å². The van der Waals surface area contributed by atoms with Gasteiger partial charge in [0, 0.05) is 18.0 Å². The number of amides is 1. The van der Waals surface area contributed by atoms with Gasteiger partial charge in [0.05, 0.1) is 18.7 Å². The molecule has 1 saturated heterocycles. The van der Waals surface area contributed by atoms with Gasteiger partial charge >= 0.3 is 5.97 Å². The van der Waals surface area contributed by atoms with Crippen molar-refractivity contribution in [1.29, 1.82) is 0 Å². The first-order chi connectivity index (χ1) is 10.6. The molecule has 2 N–H and O–H groups in total. The quantitative estimate of drug-likeness (QED) is 0.854. The second-order valence-corrected chi connectivity index (χ2v) is 6.61. The summed E-state index contributed by atoms with van der Waals surface area (Å²) >= 11 is 1.38. The molecule has 1 unspecified atom stereocenters. The molecule has 22 heavy (non-hydrogen) atoms. The zero-order chi connectivity index (χ0) is 15.7. The van der Waals surface area contributed by atoms with Crippen molar-refractivity contribution in [1.82, 2.24) is 4.90 Å². The fourth-order valence-electron chi connectivity index (χ4n) is 3.02. The van der Waals surface area contributed by atoms with E-state index in [2.05, 4.69) is 0 Å². The summed E-state index contributed by atoms with van der Waals surface area (Å²) in [6, 6.07) is 0. The number of carbonyl (C=O) groups excluding carboxylic acids is 2. The number of thiophene rings is 1. The highest BCUT2D eigenvalue weighted by Crippen LogP contribution is 2.36. The van der Waals surface area contributed by atoms with Crippen LogP contribution in [0.5, 0.6) is 0 Å². The lowest BCUT2D eigenvalue weighted by atomic mass is 10.0. The van der Waals surface area contributed by atoms with E-state index in [-0.39, 0.29) is 18.0 Å². The van der Waals surface area contributed by atoms with Crippen LogP contribution in [0.15, 0.2) is 0 Å². The van der Waals surface area contributed by atoms with Crippen LogP contribution in [-0.2, 0) is 27.2 Å². The molecule has 6 nitrogen and oxygen atoms in total. The lowest BCUT2D eigenvalue weighted by molar-refractivity contribution is -0.141. The lowest BCUT2D eigenvalue weighted by Gasteiger charge is -2.29. The summed E-state index contributed by atoms with van der Waals surface area (Å²) in [5, 5.41) is 0.481. The highest BCUT2D eigenvalue weighted by Gasteiger charge is 2.33. The molecule has 1 aromatic rings. The minimum Gasteiger partial charge on any atom is -0.462 e. The van der Waals surface area contributed by atoms with Crippen LogP contribution in [0.4, 0.5) is 5.00 Å². The summed E-state index contributed by atoms with van der Waals surface area (Å²) in [4.78, 5) is 27.2. The normalized spacial score (nSPS) is 20.8. The van der Waals surface area contributed by atoms with Crippen LogP contribution in [0.2, 0.25) is 0 Å². The van der Waals surface area contributed by atoms with Crippen molar-refractivity contribution in [2.45, 2.75) is 38.8 Å². The van der Waals surface area contributed by atoms with Crippen LogP contribution in [-0.4, -0.2) is 42.6 Å². The molecule has 7 heteroatoms. The molecule has 1 amide bonds. The van der Waals surface area contributed by atoms with Gasteiger partial charge in [-0.2, -0.15) is 0 Å². The van der Waals surface area contributed by atoms with Crippen LogP contribution >= 0.6 is 11.3 Å². The number of esters is 1. The molecule has 1 aromatic heterocycles. The average molecular weight is 324 g/mol. The van der Waals surface area contributed by atoms with Crippen LogP contribution < -0.4 is 5.73 Å². The van der Waals surface area contributed by atoms with Gasteiger partial charge in [-0.15, -0.1) is 11.3 Å². The highest BCUT2D eigenvalue weighted by molar-refractivity contribution is 7.16. The van der Waals surface area contributed by atoms with E-state index < -0.39 is 0 Å². The van der Waals surface area contributed by atoms with E-state index in [1.807, 2.05) is 4.90 Å². The number of nitrogen functional groups attached to an aromatic ring is 1. The van der Waals surface area contributed by atoms with Crippen LogP contribution in [0.25, 0.3) is 0 Å². The summed E-state index contributed by atoms with van der Waals surface area (Å²) in [6.07, 6.45) is 2.07. The maximum atomic E-state index is 12.4. The third-order valence-electron chi connectivity index (χ3n) is 4.08. The third kappa shape index (κ3) is 2.70. The van der Waals surface area contributed by atoms with Crippen molar-refractivity contribution in [3.63, 3.8) is 0 Å². The van der Waals surface area contributed by atoms with E-state index in [1.165, 1.54) is 11.3 Å². The Hall–Kier alpha value is -1.60. The van der Waals surface area contributed by atoms with Gasteiger partial charge in [0.15, 0.2) is 0 Å². The van der Waals surface area contributed by atoms with Crippen molar-refractivity contribution >= 4 is 28.2 Å². The summed E-state index contributed by atoms with van der Waals surface area (Å²) in [5.74, 6) is -0.316. The van der Waals surface area contributed by atoms with Gasteiger partial charge in [-0.05, 0) is 31.7 Å². The Morgan fingerprint density at radius 1 is 1.50 bits per heavy atom. The molecular weight excluding hydrogens is 304 g/mol. The number of hydrogen-bond donors (Lipinski definition) is 1. The number of anilines is 1. The number of rotatable bonds is 3. The van der Waals surface area contributed by atoms with Gasteiger partial charge in [0.2, 0.25) is 0 Å². The standard InChI is InChI=1S/C15H20N2O4S/c1-2-20-15(19)12-9-5-6-17(8-11(9)22-13(12)16)14(18)10-4-3-7-21-10/h10H,2-8,16H2,1H3. The van der Waals surface area contributed by atoms with Crippen LogP contribution in [0.1, 0.15) is 40.6 Å². The first-order valence-corrected chi connectivity index (χ1v) is 8.41. The Balaban J connectivity index is 1.78. The Morgan fingerprint density at radius 2 is 2.32 bits per heavy atom. The largest absolute Gasteiger partial charge is 0.462 e. The van der Waals surface area contributed by atoms with Crippen molar-refractivity contribution in [3.05, 3.63) is 16.0 Å². The zero-order valence-electron chi connectivity index (χ0n) is 12.6. The summed E-state index contributed by atoms with van der Waals surface area (Å²) < 4.78 is 10.5. The molecule has 3 rings (SSSR count). The number of carbonyl (C=O) groups is 2. The second-order valence-electron chi connectivity index (χ2n) is 5.47. The second kappa shape index (κ2) is 6.26. The van der Waals surface area contributed by atoms with E-state index >= 15 is 0 Å². The Kier molecular flexibility index (Phi) is 4.35. The molecule has 0 aromatic carbocycles. The zero-order valence-corrected chi connectivity index (χ0v) is 13.4. The number of nitrogens with zero attached hydrogens (tertiary/aromatic N) is 1. The number of ether oxygens (including phenoxy) is 2. The fourth-order valence-corrected chi connectivity index (χ4v) is 4.14. The monoisotopic (exact) mass is 324 g/mol. The number of hydrogen-bond acceptors (Lipinski definition) is 6. The van der Waals surface area contributed by atoms with Crippen molar-refractivity contribution < 1.29 is 19.1 Å². The lowest BCUT2D eigenvalue weighted by Crippen LogP contribution is -2.41. The first-order valence-electron chi connectivity index (χ1n) is 7.59. The molecule has 0 bridgehead atoms. The average Bonchev–Trinajstić information content (AvgIpc) is 3.12. The molecule has 0 radical (unpaired) electrons. The van der Waals surface area contributed by atoms with E-state index in [1.54, 1.807) is 6.92 Å². The Bertz CT molecular complexity index is 593. The van der Waals surface area contributed by atoms with Crippen molar-refractivity contribution in [2.24, 2.45) is 0 Å². The number of nitrogens with two attached hydrogens (primary N) is 1. The molecule has 2 aliphatic rings. The molecule has 1 fully saturated rings. The maximum Gasteiger partial charge on any atom is 0.341 e. The Morgan fingerprint density at radius 3 is 3.00 bits per heavy atom. The maximum absolute atomic E-state index is 12.4. The fraction of sp³-hybridized carbons (Fsp3) is 0.600. The third-order valence-corrected chi connectivity index (χ3v) is 5.13. The molecule has 120 valence electrons. The summed E-state index contributed by atoms with van der Waals surface area (Å²) in [6.45, 7) is 3.85. The van der Waals surface area contributed by atoms with Crippen molar-refractivity contribution in [2.75, 3.05) is 25.5 Å². The minimum atomic E-state index is -0.364. The molecule has 1 atom stereocenters. The van der Waals surface area contributed by atoms with Crippen molar-refractivity contribution in [3.8, 4) is 0 Å². The topological polar surface area (TPSA) is 81.9 Å². The highest BCUT2D eigenvalue weighted by atomic mass is 32.1. The van der Waals surface area contributed by atoms with Gasteiger partial charge in [0.1, 0.15) is 11.1 Å². The van der Waals surface area contributed by atoms with Crippen LogP contribution in [0.3, 0.4) is 0 Å².